The number of halogens is 1. The van der Waals surface area contributed by atoms with Crippen molar-refractivity contribution in [3.05, 3.63) is 71.4 Å². The summed E-state index contributed by atoms with van der Waals surface area (Å²) in [6.45, 7) is 1.89. The van der Waals surface area contributed by atoms with Crippen molar-refractivity contribution in [2.75, 3.05) is 5.32 Å². The van der Waals surface area contributed by atoms with Gasteiger partial charge in [0.05, 0.1) is 5.92 Å². The second-order valence-electron chi connectivity index (χ2n) is 6.05. The minimum absolute atomic E-state index is 0.0859. The first kappa shape index (κ1) is 15.7. The number of anilines is 1. The molecular formula is C20H16ClN3O. The molecule has 1 amide bonds. The van der Waals surface area contributed by atoms with E-state index in [0.717, 1.165) is 27.4 Å². The van der Waals surface area contributed by atoms with Crippen LogP contribution in [0, 0.1) is 0 Å². The van der Waals surface area contributed by atoms with Gasteiger partial charge in [-0.3, -0.25) is 4.79 Å². The number of aromatic amines is 1. The fourth-order valence-corrected chi connectivity index (χ4v) is 3.16. The van der Waals surface area contributed by atoms with Crippen LogP contribution in [0.15, 0.2) is 60.8 Å². The Kier molecular flexibility index (Phi) is 3.90. The third kappa shape index (κ3) is 2.96. The Balaban J connectivity index is 1.66. The molecule has 0 aliphatic heterocycles. The van der Waals surface area contributed by atoms with E-state index in [-0.39, 0.29) is 11.8 Å². The standard InChI is InChI=1S/C20H16ClN3O/c1-12(20(25)24-19-4-2-3-9-22-19)13-5-7-15-16-11-14(21)6-8-17(16)23-18(15)10-13/h2-12,23H,1H3,(H,22,24,25)/t12-/m0/s1. The zero-order valence-corrected chi connectivity index (χ0v) is 14.3. The average molecular weight is 350 g/mol. The van der Waals surface area contributed by atoms with Crippen LogP contribution >= 0.6 is 11.6 Å². The minimum atomic E-state index is -0.290. The van der Waals surface area contributed by atoms with E-state index in [1.165, 1.54) is 0 Å². The number of benzene rings is 2. The van der Waals surface area contributed by atoms with E-state index < -0.39 is 0 Å². The molecule has 0 radical (unpaired) electrons. The van der Waals surface area contributed by atoms with E-state index in [2.05, 4.69) is 15.3 Å². The molecule has 0 aliphatic rings. The first-order chi connectivity index (χ1) is 12.1. The van der Waals surface area contributed by atoms with Gasteiger partial charge in [0.1, 0.15) is 5.82 Å². The molecule has 0 spiro atoms. The third-order valence-corrected chi connectivity index (χ3v) is 4.63. The molecule has 2 N–H and O–H groups in total. The number of H-pyrrole nitrogens is 1. The molecule has 0 saturated carbocycles. The van der Waals surface area contributed by atoms with E-state index >= 15 is 0 Å². The first-order valence-corrected chi connectivity index (χ1v) is 8.42. The minimum Gasteiger partial charge on any atom is -0.355 e. The van der Waals surface area contributed by atoms with Crippen LogP contribution in [0.2, 0.25) is 5.02 Å². The molecule has 2 aromatic carbocycles. The van der Waals surface area contributed by atoms with Gasteiger partial charge in [-0.1, -0.05) is 29.8 Å². The average Bonchev–Trinajstić information content (AvgIpc) is 2.99. The van der Waals surface area contributed by atoms with Crippen molar-refractivity contribution in [2.24, 2.45) is 0 Å². The molecule has 0 bridgehead atoms. The van der Waals surface area contributed by atoms with Crippen molar-refractivity contribution < 1.29 is 4.79 Å². The van der Waals surface area contributed by atoms with Crippen LogP contribution in [-0.4, -0.2) is 15.9 Å². The highest BCUT2D eigenvalue weighted by atomic mass is 35.5. The van der Waals surface area contributed by atoms with E-state index in [0.29, 0.717) is 10.8 Å². The van der Waals surface area contributed by atoms with Gasteiger partial charge in [-0.15, -0.1) is 0 Å². The smallest absolute Gasteiger partial charge is 0.232 e. The number of carbonyl (C=O) groups excluding carboxylic acids is 1. The summed E-state index contributed by atoms with van der Waals surface area (Å²) in [7, 11) is 0. The van der Waals surface area contributed by atoms with Gasteiger partial charge in [0.15, 0.2) is 0 Å². The van der Waals surface area contributed by atoms with Crippen molar-refractivity contribution in [1.82, 2.24) is 9.97 Å². The summed E-state index contributed by atoms with van der Waals surface area (Å²) in [6.07, 6.45) is 1.65. The maximum Gasteiger partial charge on any atom is 0.232 e. The van der Waals surface area contributed by atoms with Crippen molar-refractivity contribution in [2.45, 2.75) is 12.8 Å². The predicted octanol–water partition coefficient (Wildman–Crippen LogP) is 5.11. The second-order valence-corrected chi connectivity index (χ2v) is 6.48. The Morgan fingerprint density at radius 2 is 1.96 bits per heavy atom. The molecule has 5 heteroatoms. The molecule has 4 nitrogen and oxygen atoms in total. The van der Waals surface area contributed by atoms with Crippen LogP contribution in [0.3, 0.4) is 0 Å². The number of fused-ring (bicyclic) bond motifs is 3. The van der Waals surface area contributed by atoms with Crippen molar-refractivity contribution in [3.63, 3.8) is 0 Å². The van der Waals surface area contributed by atoms with E-state index in [1.54, 1.807) is 12.3 Å². The zero-order chi connectivity index (χ0) is 17.4. The van der Waals surface area contributed by atoms with Gasteiger partial charge in [-0.25, -0.2) is 4.98 Å². The molecule has 25 heavy (non-hydrogen) atoms. The molecule has 0 saturated heterocycles. The normalized spacial score (nSPS) is 12.4. The maximum atomic E-state index is 12.5. The number of amides is 1. The van der Waals surface area contributed by atoms with Crippen molar-refractivity contribution >= 4 is 45.1 Å². The van der Waals surface area contributed by atoms with Gasteiger partial charge in [0, 0.05) is 33.0 Å². The van der Waals surface area contributed by atoms with Crippen LogP contribution in [-0.2, 0) is 4.79 Å². The number of rotatable bonds is 3. The van der Waals surface area contributed by atoms with Crippen LogP contribution in [0.4, 0.5) is 5.82 Å². The molecule has 124 valence electrons. The number of hydrogen-bond donors (Lipinski definition) is 2. The lowest BCUT2D eigenvalue weighted by atomic mass is 9.98. The van der Waals surface area contributed by atoms with Gasteiger partial charge in [0.25, 0.3) is 0 Å². The van der Waals surface area contributed by atoms with Crippen LogP contribution in [0.25, 0.3) is 21.8 Å². The van der Waals surface area contributed by atoms with Crippen molar-refractivity contribution in [1.29, 1.82) is 0 Å². The largest absolute Gasteiger partial charge is 0.355 e. The molecule has 1 atom stereocenters. The lowest BCUT2D eigenvalue weighted by Crippen LogP contribution is -2.19. The van der Waals surface area contributed by atoms with Gasteiger partial charge < -0.3 is 10.3 Å². The Hall–Kier alpha value is -2.85. The van der Waals surface area contributed by atoms with E-state index in [4.69, 9.17) is 11.6 Å². The van der Waals surface area contributed by atoms with Crippen molar-refractivity contribution in [3.8, 4) is 0 Å². The SMILES string of the molecule is C[C@H](C(=O)Nc1ccccn1)c1ccc2c(c1)[nH]c1ccc(Cl)cc12. The van der Waals surface area contributed by atoms with E-state index in [1.807, 2.05) is 55.5 Å². The second kappa shape index (κ2) is 6.22. The molecule has 0 aliphatic carbocycles. The molecule has 4 rings (SSSR count). The number of nitrogens with zero attached hydrogens (tertiary/aromatic N) is 1. The quantitative estimate of drug-likeness (QED) is 0.540. The monoisotopic (exact) mass is 349 g/mol. The first-order valence-electron chi connectivity index (χ1n) is 8.04. The Bertz CT molecular complexity index is 1070. The predicted molar refractivity (Wildman–Crippen MR) is 102 cm³/mol. The van der Waals surface area contributed by atoms with Crippen LogP contribution in [0.1, 0.15) is 18.4 Å². The molecule has 2 aromatic heterocycles. The number of nitrogens with one attached hydrogen (secondary N) is 2. The fraction of sp³-hybridized carbons (Fsp3) is 0.100. The molecular weight excluding hydrogens is 334 g/mol. The highest BCUT2D eigenvalue weighted by Crippen LogP contribution is 2.30. The summed E-state index contributed by atoms with van der Waals surface area (Å²) in [5, 5.41) is 5.73. The highest BCUT2D eigenvalue weighted by molar-refractivity contribution is 6.31. The number of hydrogen-bond acceptors (Lipinski definition) is 2. The number of carbonyl (C=O) groups is 1. The fourth-order valence-electron chi connectivity index (χ4n) is 2.99. The van der Waals surface area contributed by atoms with Gasteiger partial charge >= 0.3 is 0 Å². The zero-order valence-electron chi connectivity index (χ0n) is 13.6. The van der Waals surface area contributed by atoms with Crippen LogP contribution in [0.5, 0.6) is 0 Å². The molecule has 4 aromatic rings. The highest BCUT2D eigenvalue weighted by Gasteiger charge is 2.17. The van der Waals surface area contributed by atoms with Gasteiger partial charge in [0.2, 0.25) is 5.91 Å². The molecule has 0 unspecified atom stereocenters. The third-order valence-electron chi connectivity index (χ3n) is 4.39. The summed E-state index contributed by atoms with van der Waals surface area (Å²) in [6, 6.07) is 17.2. The Labute approximate surface area is 149 Å². The van der Waals surface area contributed by atoms with E-state index in [9.17, 15) is 4.79 Å². The lowest BCUT2D eigenvalue weighted by molar-refractivity contribution is -0.117. The summed E-state index contributed by atoms with van der Waals surface area (Å²) >= 11 is 6.10. The Morgan fingerprint density at radius 1 is 1.08 bits per heavy atom. The number of pyridine rings is 1. The van der Waals surface area contributed by atoms with Gasteiger partial charge in [-0.05, 0) is 48.9 Å². The Morgan fingerprint density at radius 3 is 2.76 bits per heavy atom. The summed E-state index contributed by atoms with van der Waals surface area (Å²) in [5.41, 5.74) is 2.97. The topological polar surface area (TPSA) is 57.8 Å². The van der Waals surface area contributed by atoms with Crippen LogP contribution < -0.4 is 5.32 Å². The number of aromatic nitrogens is 2. The maximum absolute atomic E-state index is 12.5. The molecule has 2 heterocycles. The summed E-state index contributed by atoms with van der Waals surface area (Å²) in [5.74, 6) is 0.180. The summed E-state index contributed by atoms with van der Waals surface area (Å²) in [4.78, 5) is 20.0. The summed E-state index contributed by atoms with van der Waals surface area (Å²) < 4.78 is 0. The van der Waals surface area contributed by atoms with Gasteiger partial charge in [-0.2, -0.15) is 0 Å². The lowest BCUT2D eigenvalue weighted by Gasteiger charge is -2.12. The molecule has 0 fully saturated rings.